The predicted octanol–water partition coefficient (Wildman–Crippen LogP) is 3.87. The summed E-state index contributed by atoms with van der Waals surface area (Å²) in [6, 6.07) is 7.84. The zero-order valence-corrected chi connectivity index (χ0v) is 10.9. The second-order valence-corrected chi connectivity index (χ2v) is 6.36. The molecule has 0 fully saturated rings. The Morgan fingerprint density at radius 1 is 1.12 bits per heavy atom. The van der Waals surface area contributed by atoms with Crippen molar-refractivity contribution in [3.05, 3.63) is 44.9 Å². The number of rotatable bonds is 0. The highest BCUT2D eigenvalue weighted by molar-refractivity contribution is 7.18. The maximum Gasteiger partial charge on any atom is 0.192 e. The number of hydrogen-bond donors (Lipinski definition) is 0. The van der Waals surface area contributed by atoms with Crippen molar-refractivity contribution in [3.8, 4) is 0 Å². The van der Waals surface area contributed by atoms with Crippen LogP contribution >= 0.6 is 11.3 Å². The highest BCUT2D eigenvalue weighted by Crippen LogP contribution is 2.28. The quantitative estimate of drug-likeness (QED) is 0.674. The smallest absolute Gasteiger partial charge is 0.192 e. The van der Waals surface area contributed by atoms with Gasteiger partial charge in [-0.3, -0.25) is 4.79 Å². The van der Waals surface area contributed by atoms with Crippen molar-refractivity contribution in [1.82, 2.24) is 0 Å². The summed E-state index contributed by atoms with van der Waals surface area (Å²) in [6.07, 6.45) is 0. The lowest BCUT2D eigenvalue weighted by molar-refractivity contribution is 0.584. The molecule has 1 aromatic carbocycles. The standard InChI is InChI=1S/C14H16OS/c1-9-12(14(2,3)4)13(15)10-7-5-6-8-11(10)16-9/h5-8H,1-4H3. The van der Waals surface area contributed by atoms with Gasteiger partial charge in [0.2, 0.25) is 0 Å². The number of aryl methyl sites for hydroxylation is 1. The number of hydrogen-bond acceptors (Lipinski definition) is 2. The van der Waals surface area contributed by atoms with Crippen molar-refractivity contribution in [1.29, 1.82) is 0 Å². The van der Waals surface area contributed by atoms with E-state index >= 15 is 0 Å². The third-order valence-electron chi connectivity index (χ3n) is 2.72. The van der Waals surface area contributed by atoms with Crippen LogP contribution in [0.4, 0.5) is 0 Å². The fourth-order valence-corrected chi connectivity index (χ4v) is 3.37. The Bertz CT molecular complexity index is 588. The largest absolute Gasteiger partial charge is 0.289 e. The van der Waals surface area contributed by atoms with Crippen molar-refractivity contribution in [2.45, 2.75) is 33.1 Å². The first-order valence-corrected chi connectivity index (χ1v) is 6.26. The Morgan fingerprint density at radius 3 is 2.38 bits per heavy atom. The minimum Gasteiger partial charge on any atom is -0.289 e. The minimum absolute atomic E-state index is 0.0816. The summed E-state index contributed by atoms with van der Waals surface area (Å²) in [4.78, 5) is 13.5. The minimum atomic E-state index is -0.0816. The van der Waals surface area contributed by atoms with Crippen LogP contribution < -0.4 is 5.43 Å². The third-order valence-corrected chi connectivity index (χ3v) is 3.81. The monoisotopic (exact) mass is 232 g/mol. The summed E-state index contributed by atoms with van der Waals surface area (Å²) >= 11 is 1.71. The van der Waals surface area contributed by atoms with E-state index in [-0.39, 0.29) is 10.8 Å². The van der Waals surface area contributed by atoms with E-state index in [0.717, 1.165) is 20.5 Å². The average molecular weight is 232 g/mol. The van der Waals surface area contributed by atoms with Gasteiger partial charge in [0.05, 0.1) is 0 Å². The first-order chi connectivity index (χ1) is 7.41. The maximum atomic E-state index is 12.4. The average Bonchev–Trinajstić information content (AvgIpc) is 2.15. The van der Waals surface area contributed by atoms with E-state index in [2.05, 4.69) is 20.8 Å². The molecule has 0 amide bonds. The molecule has 0 saturated heterocycles. The first kappa shape index (κ1) is 11.3. The molecular weight excluding hydrogens is 216 g/mol. The van der Waals surface area contributed by atoms with Gasteiger partial charge < -0.3 is 0 Å². The summed E-state index contributed by atoms with van der Waals surface area (Å²) in [5.41, 5.74) is 1.07. The molecule has 2 rings (SSSR count). The van der Waals surface area contributed by atoms with Crippen molar-refractivity contribution in [2.75, 3.05) is 0 Å². The summed E-state index contributed by atoms with van der Waals surface area (Å²) in [6.45, 7) is 8.33. The SMILES string of the molecule is Cc1sc2ccccc2c(=O)c1C(C)(C)C. The van der Waals surface area contributed by atoms with E-state index in [1.807, 2.05) is 31.2 Å². The summed E-state index contributed by atoms with van der Waals surface area (Å²) in [5.74, 6) is 0. The molecule has 0 atom stereocenters. The Hall–Kier alpha value is -1.15. The van der Waals surface area contributed by atoms with Crippen LogP contribution in [-0.2, 0) is 5.41 Å². The molecule has 0 radical (unpaired) electrons. The van der Waals surface area contributed by atoms with Crippen LogP contribution in [0.15, 0.2) is 29.1 Å². The molecule has 0 aliphatic rings. The van der Waals surface area contributed by atoms with Gasteiger partial charge in [-0.25, -0.2) is 0 Å². The molecule has 0 unspecified atom stereocenters. The van der Waals surface area contributed by atoms with Gasteiger partial charge in [-0.2, -0.15) is 0 Å². The number of benzene rings is 1. The highest BCUT2D eigenvalue weighted by atomic mass is 32.1. The van der Waals surface area contributed by atoms with E-state index in [1.165, 1.54) is 0 Å². The second kappa shape index (κ2) is 3.70. The van der Waals surface area contributed by atoms with Gasteiger partial charge in [-0.1, -0.05) is 32.9 Å². The summed E-state index contributed by atoms with van der Waals surface area (Å²) < 4.78 is 1.08. The second-order valence-electron chi connectivity index (χ2n) is 5.11. The molecule has 1 nitrogen and oxygen atoms in total. The van der Waals surface area contributed by atoms with E-state index in [1.54, 1.807) is 11.3 Å². The van der Waals surface area contributed by atoms with E-state index < -0.39 is 0 Å². The molecule has 2 heteroatoms. The van der Waals surface area contributed by atoms with E-state index in [0.29, 0.717) is 0 Å². The molecule has 0 N–H and O–H groups in total. The van der Waals surface area contributed by atoms with Gasteiger partial charge in [0.1, 0.15) is 0 Å². The zero-order chi connectivity index (χ0) is 11.9. The Morgan fingerprint density at radius 2 is 1.75 bits per heavy atom. The highest BCUT2D eigenvalue weighted by Gasteiger charge is 2.21. The van der Waals surface area contributed by atoms with Crippen LogP contribution in [0.5, 0.6) is 0 Å². The van der Waals surface area contributed by atoms with Crippen molar-refractivity contribution in [3.63, 3.8) is 0 Å². The summed E-state index contributed by atoms with van der Waals surface area (Å²) in [7, 11) is 0. The van der Waals surface area contributed by atoms with Gasteiger partial charge in [-0.15, -0.1) is 11.3 Å². The Labute approximate surface area is 99.8 Å². The molecule has 0 bridgehead atoms. The van der Waals surface area contributed by atoms with Gasteiger partial charge in [0, 0.05) is 20.5 Å². The number of fused-ring (bicyclic) bond motifs is 1. The van der Waals surface area contributed by atoms with Gasteiger partial charge in [-0.05, 0) is 24.5 Å². The molecule has 2 aromatic rings. The molecule has 1 aromatic heterocycles. The lowest BCUT2D eigenvalue weighted by atomic mass is 9.86. The van der Waals surface area contributed by atoms with Gasteiger partial charge in [0.15, 0.2) is 5.43 Å². The lowest BCUT2D eigenvalue weighted by Crippen LogP contribution is -2.23. The molecule has 0 saturated carbocycles. The van der Waals surface area contributed by atoms with Crippen molar-refractivity contribution >= 4 is 21.4 Å². The van der Waals surface area contributed by atoms with Crippen LogP contribution in [0.3, 0.4) is 0 Å². The molecule has 1 heterocycles. The van der Waals surface area contributed by atoms with Gasteiger partial charge >= 0.3 is 0 Å². The Kier molecular flexibility index (Phi) is 2.62. The predicted molar refractivity (Wildman–Crippen MR) is 71.5 cm³/mol. The lowest BCUT2D eigenvalue weighted by Gasteiger charge is -2.20. The van der Waals surface area contributed by atoms with Crippen molar-refractivity contribution < 1.29 is 0 Å². The normalized spacial score (nSPS) is 12.0. The van der Waals surface area contributed by atoms with E-state index in [4.69, 9.17) is 0 Å². The molecular formula is C14H16OS. The third kappa shape index (κ3) is 1.78. The Balaban J connectivity index is 2.92. The topological polar surface area (TPSA) is 17.1 Å². The van der Waals surface area contributed by atoms with Crippen molar-refractivity contribution in [2.24, 2.45) is 0 Å². The fraction of sp³-hybridized carbons (Fsp3) is 0.357. The van der Waals surface area contributed by atoms with Crippen LogP contribution in [0.1, 0.15) is 31.2 Å². The zero-order valence-electron chi connectivity index (χ0n) is 10.1. The van der Waals surface area contributed by atoms with Crippen LogP contribution in [-0.4, -0.2) is 0 Å². The van der Waals surface area contributed by atoms with E-state index in [9.17, 15) is 4.79 Å². The molecule has 16 heavy (non-hydrogen) atoms. The van der Waals surface area contributed by atoms with Crippen LogP contribution in [0.2, 0.25) is 0 Å². The first-order valence-electron chi connectivity index (χ1n) is 5.44. The summed E-state index contributed by atoms with van der Waals surface area (Å²) in [5, 5.41) is 0.850. The fourth-order valence-electron chi connectivity index (χ4n) is 2.12. The van der Waals surface area contributed by atoms with Crippen LogP contribution in [0.25, 0.3) is 10.1 Å². The maximum absolute atomic E-state index is 12.4. The van der Waals surface area contributed by atoms with Crippen LogP contribution in [0, 0.1) is 6.92 Å². The van der Waals surface area contributed by atoms with Gasteiger partial charge in [0.25, 0.3) is 0 Å². The molecule has 0 aliphatic carbocycles. The molecule has 0 aliphatic heterocycles. The molecule has 84 valence electrons. The molecule has 0 spiro atoms.